The molecule has 3 fully saturated rings. The summed E-state index contributed by atoms with van der Waals surface area (Å²) in [6.45, 7) is 6.94. The monoisotopic (exact) mass is 335 g/mol. The second kappa shape index (κ2) is 6.44. The molecular formula is C16H25N5O3. The van der Waals surface area contributed by atoms with E-state index in [0.29, 0.717) is 12.6 Å². The van der Waals surface area contributed by atoms with E-state index in [2.05, 4.69) is 19.8 Å². The molecular weight excluding hydrogens is 310 g/mol. The number of hydrogen-bond acceptors (Lipinski definition) is 6. The lowest BCUT2D eigenvalue weighted by atomic mass is 9.82. The Bertz CT molecular complexity index is 572. The number of imidazole rings is 1. The number of H-pyrrole nitrogens is 1. The molecule has 1 aromatic heterocycles. The molecule has 4 rings (SSSR count). The molecule has 132 valence electrons. The van der Waals surface area contributed by atoms with Crippen LogP contribution in [0.15, 0.2) is 12.5 Å². The Labute approximate surface area is 141 Å². The van der Waals surface area contributed by atoms with Crippen LogP contribution in [0.1, 0.15) is 5.69 Å². The van der Waals surface area contributed by atoms with Gasteiger partial charge in [0.15, 0.2) is 0 Å². The van der Waals surface area contributed by atoms with E-state index in [0.717, 1.165) is 51.6 Å². The third-order valence-electron chi connectivity index (χ3n) is 5.36. The molecule has 8 nitrogen and oxygen atoms in total. The molecule has 1 aromatic rings. The van der Waals surface area contributed by atoms with E-state index in [4.69, 9.17) is 9.47 Å². The van der Waals surface area contributed by atoms with Gasteiger partial charge in [0, 0.05) is 58.3 Å². The summed E-state index contributed by atoms with van der Waals surface area (Å²) < 4.78 is 10.7. The largest absolute Gasteiger partial charge is 0.378 e. The van der Waals surface area contributed by atoms with Crippen molar-refractivity contribution in [2.75, 3.05) is 59.7 Å². The van der Waals surface area contributed by atoms with Crippen molar-refractivity contribution in [1.29, 1.82) is 0 Å². The maximum Gasteiger partial charge on any atom is 0.248 e. The van der Waals surface area contributed by atoms with E-state index in [1.807, 2.05) is 11.1 Å². The summed E-state index contributed by atoms with van der Waals surface area (Å²) in [5, 5.41) is 0. The van der Waals surface area contributed by atoms with Crippen LogP contribution in [0, 0.1) is 0 Å². The van der Waals surface area contributed by atoms with E-state index < -0.39 is 0 Å². The molecule has 0 aliphatic carbocycles. The van der Waals surface area contributed by atoms with Crippen molar-refractivity contribution in [3.05, 3.63) is 18.2 Å². The highest BCUT2D eigenvalue weighted by Crippen LogP contribution is 2.36. The number of rotatable bonds is 4. The molecule has 8 heteroatoms. The van der Waals surface area contributed by atoms with Crippen molar-refractivity contribution < 1.29 is 14.3 Å². The van der Waals surface area contributed by atoms with Crippen molar-refractivity contribution in [3.63, 3.8) is 0 Å². The zero-order valence-electron chi connectivity index (χ0n) is 14.1. The Morgan fingerprint density at radius 1 is 1.50 bits per heavy atom. The van der Waals surface area contributed by atoms with Crippen LogP contribution in [0.4, 0.5) is 0 Å². The highest BCUT2D eigenvalue weighted by molar-refractivity contribution is 5.77. The molecule has 3 aliphatic rings. The van der Waals surface area contributed by atoms with Crippen LogP contribution >= 0.6 is 0 Å². The van der Waals surface area contributed by atoms with Gasteiger partial charge in [-0.3, -0.25) is 14.6 Å². The summed E-state index contributed by atoms with van der Waals surface area (Å²) in [6.07, 6.45) is 3.59. The minimum atomic E-state index is 0.0517. The Hall–Kier alpha value is -1.48. The van der Waals surface area contributed by atoms with Crippen LogP contribution in [-0.4, -0.2) is 102 Å². The number of aromatic nitrogens is 2. The zero-order valence-corrected chi connectivity index (χ0v) is 14.1. The third kappa shape index (κ3) is 2.83. The number of ether oxygens (including phenoxy) is 2. The molecule has 24 heavy (non-hydrogen) atoms. The fourth-order valence-electron chi connectivity index (χ4n) is 4.39. The Kier molecular flexibility index (Phi) is 4.29. The first kappa shape index (κ1) is 16.0. The predicted octanol–water partition coefficient (Wildman–Crippen LogP) is -0.846. The van der Waals surface area contributed by atoms with Gasteiger partial charge in [0.25, 0.3) is 0 Å². The molecule has 0 unspecified atom stereocenters. The SMILES string of the molecule is COCC(=O)N1C[C@@H]2COCCN2C2(CN(Cc3cnc[nH]3)C2)C1. The Morgan fingerprint density at radius 3 is 3.12 bits per heavy atom. The number of methoxy groups -OCH3 is 1. The molecule has 4 heterocycles. The quantitative estimate of drug-likeness (QED) is 0.773. The van der Waals surface area contributed by atoms with Crippen LogP contribution in [0.2, 0.25) is 0 Å². The van der Waals surface area contributed by atoms with Gasteiger partial charge in [-0.15, -0.1) is 0 Å². The normalized spacial score (nSPS) is 27.0. The number of hydrogen-bond donors (Lipinski definition) is 1. The fraction of sp³-hybridized carbons (Fsp3) is 0.750. The molecule has 0 bridgehead atoms. The predicted molar refractivity (Wildman–Crippen MR) is 86.4 cm³/mol. The lowest BCUT2D eigenvalue weighted by Crippen LogP contribution is -2.80. The van der Waals surface area contributed by atoms with Crippen molar-refractivity contribution >= 4 is 5.91 Å². The minimum Gasteiger partial charge on any atom is -0.378 e. The van der Waals surface area contributed by atoms with Crippen LogP contribution in [0.25, 0.3) is 0 Å². The average molecular weight is 335 g/mol. The summed E-state index contributed by atoms with van der Waals surface area (Å²) >= 11 is 0. The smallest absolute Gasteiger partial charge is 0.248 e. The number of aromatic amines is 1. The highest BCUT2D eigenvalue weighted by atomic mass is 16.5. The third-order valence-corrected chi connectivity index (χ3v) is 5.36. The lowest BCUT2D eigenvalue weighted by Gasteiger charge is -2.63. The van der Waals surface area contributed by atoms with Gasteiger partial charge in [0.05, 0.1) is 31.1 Å². The minimum absolute atomic E-state index is 0.0517. The van der Waals surface area contributed by atoms with E-state index in [1.54, 1.807) is 13.4 Å². The molecule has 1 amide bonds. The number of likely N-dealkylation sites (tertiary alicyclic amines) is 1. The molecule has 1 atom stereocenters. The Morgan fingerprint density at radius 2 is 2.38 bits per heavy atom. The highest BCUT2D eigenvalue weighted by Gasteiger charge is 2.54. The lowest BCUT2D eigenvalue weighted by molar-refractivity contribution is -0.177. The van der Waals surface area contributed by atoms with E-state index >= 15 is 0 Å². The van der Waals surface area contributed by atoms with Crippen LogP contribution in [0.3, 0.4) is 0 Å². The molecule has 3 aliphatic heterocycles. The number of carbonyl (C=O) groups excluding carboxylic acids is 1. The van der Waals surface area contributed by atoms with Crippen molar-refractivity contribution in [1.82, 2.24) is 24.7 Å². The number of morpholine rings is 1. The number of nitrogens with zero attached hydrogens (tertiary/aromatic N) is 4. The second-order valence-electron chi connectivity index (χ2n) is 7.08. The first-order chi connectivity index (χ1) is 11.7. The number of piperazine rings is 1. The Balaban J connectivity index is 1.46. The maximum absolute atomic E-state index is 12.4. The number of amides is 1. The summed E-state index contributed by atoms with van der Waals surface area (Å²) in [5.41, 5.74) is 1.18. The number of fused-ring (bicyclic) bond motifs is 2. The van der Waals surface area contributed by atoms with Crippen molar-refractivity contribution in [2.45, 2.75) is 18.1 Å². The van der Waals surface area contributed by atoms with Crippen LogP contribution in [-0.2, 0) is 20.8 Å². The van der Waals surface area contributed by atoms with E-state index in [1.165, 1.54) is 0 Å². The maximum atomic E-state index is 12.4. The van der Waals surface area contributed by atoms with E-state index in [-0.39, 0.29) is 18.1 Å². The molecule has 0 aromatic carbocycles. The first-order valence-corrected chi connectivity index (χ1v) is 8.51. The van der Waals surface area contributed by atoms with Gasteiger partial charge in [-0.2, -0.15) is 0 Å². The zero-order chi connectivity index (χ0) is 16.6. The van der Waals surface area contributed by atoms with Gasteiger partial charge < -0.3 is 19.4 Å². The van der Waals surface area contributed by atoms with Gasteiger partial charge in [0.1, 0.15) is 6.61 Å². The van der Waals surface area contributed by atoms with Crippen molar-refractivity contribution in [2.24, 2.45) is 0 Å². The molecule has 0 radical (unpaired) electrons. The van der Waals surface area contributed by atoms with Gasteiger partial charge >= 0.3 is 0 Å². The molecule has 3 saturated heterocycles. The fourth-order valence-corrected chi connectivity index (χ4v) is 4.39. The van der Waals surface area contributed by atoms with Gasteiger partial charge in [-0.05, 0) is 0 Å². The molecule has 1 N–H and O–H groups in total. The second-order valence-corrected chi connectivity index (χ2v) is 7.08. The standard InChI is InChI=1S/C16H25N5O3/c1-23-8-15(22)20-6-14-7-24-3-2-21(14)16(11-20)9-19(10-16)5-13-4-17-12-18-13/h4,12,14H,2-3,5-11H2,1H3,(H,17,18)/t14-/m1/s1. The van der Waals surface area contributed by atoms with Crippen molar-refractivity contribution in [3.8, 4) is 0 Å². The number of carbonyl (C=O) groups is 1. The van der Waals surface area contributed by atoms with Crippen LogP contribution in [0.5, 0.6) is 0 Å². The summed E-state index contributed by atoms with van der Waals surface area (Å²) in [4.78, 5) is 26.5. The summed E-state index contributed by atoms with van der Waals surface area (Å²) in [7, 11) is 1.57. The number of nitrogens with one attached hydrogen (secondary N) is 1. The molecule has 0 saturated carbocycles. The van der Waals surface area contributed by atoms with Gasteiger partial charge in [-0.25, -0.2) is 4.98 Å². The topological polar surface area (TPSA) is 73.9 Å². The first-order valence-electron chi connectivity index (χ1n) is 8.51. The summed E-state index contributed by atoms with van der Waals surface area (Å²) in [5.74, 6) is 0.0779. The van der Waals surface area contributed by atoms with Gasteiger partial charge in [-0.1, -0.05) is 0 Å². The molecule has 1 spiro atoms. The van der Waals surface area contributed by atoms with E-state index in [9.17, 15) is 4.79 Å². The average Bonchev–Trinajstić information content (AvgIpc) is 3.06. The van der Waals surface area contributed by atoms with Gasteiger partial charge in [0.2, 0.25) is 5.91 Å². The van der Waals surface area contributed by atoms with Crippen LogP contribution < -0.4 is 0 Å². The summed E-state index contributed by atoms with van der Waals surface area (Å²) in [6, 6.07) is 0.294.